The van der Waals surface area contributed by atoms with Gasteiger partial charge in [-0.05, 0) is 61.2 Å². The molecule has 0 atom stereocenters. The minimum absolute atomic E-state index is 0.0239. The Morgan fingerprint density at radius 3 is 2.39 bits per heavy atom. The Morgan fingerprint density at radius 2 is 1.78 bits per heavy atom. The van der Waals surface area contributed by atoms with E-state index in [1.807, 2.05) is 26.0 Å². The van der Waals surface area contributed by atoms with E-state index in [-0.39, 0.29) is 18.3 Å². The number of amides is 1. The Kier molecular flexibility index (Phi) is 6.16. The van der Waals surface area contributed by atoms with Crippen LogP contribution in [0.5, 0.6) is 5.75 Å². The van der Waals surface area contributed by atoms with Crippen LogP contribution in [0, 0.1) is 19.7 Å². The van der Waals surface area contributed by atoms with Crippen LogP contribution in [-0.2, 0) is 11.2 Å². The highest BCUT2D eigenvalue weighted by Crippen LogP contribution is 2.26. The van der Waals surface area contributed by atoms with Crippen molar-refractivity contribution in [2.75, 3.05) is 13.2 Å². The molecular weight excluding hydrogens is 361 g/mol. The minimum Gasteiger partial charge on any atom is -0.484 e. The fraction of sp³-hybridized carbons (Fsp3) is 0.278. The third-order valence-electron chi connectivity index (χ3n) is 3.43. The summed E-state index contributed by atoms with van der Waals surface area (Å²) in [6.45, 7) is 4.43. The van der Waals surface area contributed by atoms with Crippen molar-refractivity contribution in [2.24, 2.45) is 0 Å². The third-order valence-corrected chi connectivity index (χ3v) is 4.68. The van der Waals surface area contributed by atoms with Crippen LogP contribution in [-0.4, -0.2) is 19.1 Å². The Bertz CT molecular complexity index is 663. The summed E-state index contributed by atoms with van der Waals surface area (Å²) in [5.41, 5.74) is 3.11. The van der Waals surface area contributed by atoms with E-state index in [0.29, 0.717) is 18.7 Å². The van der Waals surface area contributed by atoms with Gasteiger partial charge in [-0.15, -0.1) is 0 Å². The van der Waals surface area contributed by atoms with Gasteiger partial charge in [-0.3, -0.25) is 4.79 Å². The topological polar surface area (TPSA) is 38.3 Å². The van der Waals surface area contributed by atoms with Gasteiger partial charge < -0.3 is 10.1 Å². The third kappa shape index (κ3) is 5.36. The molecule has 0 aliphatic heterocycles. The highest BCUT2D eigenvalue weighted by atomic mass is 79.9. The normalized spacial score (nSPS) is 10.4. The van der Waals surface area contributed by atoms with Crippen LogP contribution >= 0.6 is 15.9 Å². The van der Waals surface area contributed by atoms with Gasteiger partial charge in [0.15, 0.2) is 6.61 Å². The van der Waals surface area contributed by atoms with Crippen molar-refractivity contribution in [1.82, 2.24) is 5.32 Å². The van der Waals surface area contributed by atoms with Gasteiger partial charge in [0.2, 0.25) is 0 Å². The Morgan fingerprint density at radius 1 is 1.17 bits per heavy atom. The number of ether oxygens (including phenoxy) is 1. The molecule has 0 heterocycles. The van der Waals surface area contributed by atoms with Gasteiger partial charge in [0.25, 0.3) is 5.91 Å². The van der Waals surface area contributed by atoms with Crippen molar-refractivity contribution < 1.29 is 13.9 Å². The summed E-state index contributed by atoms with van der Waals surface area (Å²) < 4.78 is 19.4. The zero-order valence-corrected chi connectivity index (χ0v) is 14.7. The monoisotopic (exact) mass is 379 g/mol. The van der Waals surface area contributed by atoms with E-state index < -0.39 is 0 Å². The maximum absolute atomic E-state index is 12.8. The van der Waals surface area contributed by atoms with Crippen molar-refractivity contribution >= 4 is 21.8 Å². The summed E-state index contributed by atoms with van der Waals surface area (Å²) in [4.78, 5) is 11.8. The molecule has 2 rings (SSSR count). The maximum atomic E-state index is 12.8. The van der Waals surface area contributed by atoms with Gasteiger partial charge in [0, 0.05) is 11.0 Å². The SMILES string of the molecule is Cc1cc(OCC(=O)NCCc2ccc(F)cc2)cc(C)c1Br. The summed E-state index contributed by atoms with van der Waals surface area (Å²) in [6.07, 6.45) is 0.655. The zero-order chi connectivity index (χ0) is 16.8. The van der Waals surface area contributed by atoms with Crippen LogP contribution in [0.15, 0.2) is 40.9 Å². The molecule has 122 valence electrons. The van der Waals surface area contributed by atoms with E-state index in [1.165, 1.54) is 12.1 Å². The number of aryl methyl sites for hydroxylation is 2. The first-order valence-corrected chi connectivity index (χ1v) is 8.15. The van der Waals surface area contributed by atoms with Gasteiger partial charge in [-0.1, -0.05) is 28.1 Å². The molecule has 0 aliphatic carbocycles. The molecule has 0 fully saturated rings. The van der Waals surface area contributed by atoms with Gasteiger partial charge in [-0.25, -0.2) is 4.39 Å². The van der Waals surface area contributed by atoms with Gasteiger partial charge in [0.1, 0.15) is 11.6 Å². The lowest BCUT2D eigenvalue weighted by molar-refractivity contribution is -0.123. The van der Waals surface area contributed by atoms with E-state index in [1.54, 1.807) is 12.1 Å². The fourth-order valence-electron chi connectivity index (χ4n) is 2.19. The molecule has 0 aromatic heterocycles. The highest BCUT2D eigenvalue weighted by molar-refractivity contribution is 9.10. The molecule has 0 bridgehead atoms. The predicted molar refractivity (Wildman–Crippen MR) is 92.2 cm³/mol. The van der Waals surface area contributed by atoms with Crippen LogP contribution in [0.25, 0.3) is 0 Å². The lowest BCUT2D eigenvalue weighted by Crippen LogP contribution is -2.30. The second-order valence-electron chi connectivity index (χ2n) is 5.39. The lowest BCUT2D eigenvalue weighted by atomic mass is 10.1. The predicted octanol–water partition coefficient (Wildman–Crippen LogP) is 3.94. The number of rotatable bonds is 6. The second-order valence-corrected chi connectivity index (χ2v) is 6.18. The molecule has 0 aliphatic rings. The van der Waals surface area contributed by atoms with Crippen molar-refractivity contribution in [3.63, 3.8) is 0 Å². The number of carbonyl (C=O) groups is 1. The first kappa shape index (κ1) is 17.5. The van der Waals surface area contributed by atoms with E-state index in [9.17, 15) is 9.18 Å². The average Bonchev–Trinajstić information content (AvgIpc) is 2.52. The molecule has 0 unspecified atom stereocenters. The molecule has 2 aromatic carbocycles. The van der Waals surface area contributed by atoms with Gasteiger partial charge in [-0.2, -0.15) is 0 Å². The quantitative estimate of drug-likeness (QED) is 0.825. The van der Waals surface area contributed by atoms with Crippen molar-refractivity contribution in [3.05, 3.63) is 63.4 Å². The second kappa shape index (κ2) is 8.11. The largest absolute Gasteiger partial charge is 0.484 e. The van der Waals surface area contributed by atoms with Crippen LogP contribution in [0.4, 0.5) is 4.39 Å². The molecule has 0 saturated heterocycles. The van der Waals surface area contributed by atoms with Crippen molar-refractivity contribution in [3.8, 4) is 5.75 Å². The molecule has 1 N–H and O–H groups in total. The standard InChI is InChI=1S/C18H19BrFNO2/c1-12-9-16(10-13(2)18(12)19)23-11-17(22)21-8-7-14-3-5-15(20)6-4-14/h3-6,9-10H,7-8,11H2,1-2H3,(H,21,22). The molecule has 3 nitrogen and oxygen atoms in total. The van der Waals surface area contributed by atoms with E-state index in [0.717, 1.165) is 21.2 Å². The highest BCUT2D eigenvalue weighted by Gasteiger charge is 2.06. The van der Waals surface area contributed by atoms with E-state index in [4.69, 9.17) is 4.74 Å². The van der Waals surface area contributed by atoms with Crippen LogP contribution in [0.2, 0.25) is 0 Å². The molecule has 23 heavy (non-hydrogen) atoms. The number of hydrogen-bond acceptors (Lipinski definition) is 2. The molecule has 1 amide bonds. The Balaban J connectivity index is 1.76. The fourth-order valence-corrected chi connectivity index (χ4v) is 2.42. The molecule has 2 aromatic rings. The maximum Gasteiger partial charge on any atom is 0.257 e. The summed E-state index contributed by atoms with van der Waals surface area (Å²) >= 11 is 3.50. The van der Waals surface area contributed by atoms with Crippen LogP contribution in [0.1, 0.15) is 16.7 Å². The minimum atomic E-state index is -0.258. The number of nitrogens with one attached hydrogen (secondary N) is 1. The first-order valence-electron chi connectivity index (χ1n) is 7.36. The number of halogens is 2. The van der Waals surface area contributed by atoms with Crippen LogP contribution in [0.3, 0.4) is 0 Å². The van der Waals surface area contributed by atoms with Crippen LogP contribution < -0.4 is 10.1 Å². The summed E-state index contributed by atoms with van der Waals surface area (Å²) in [5, 5.41) is 2.79. The number of hydrogen-bond donors (Lipinski definition) is 1. The van der Waals surface area contributed by atoms with E-state index >= 15 is 0 Å². The summed E-state index contributed by atoms with van der Waals surface area (Å²) in [7, 11) is 0. The smallest absolute Gasteiger partial charge is 0.257 e. The Hall–Kier alpha value is -1.88. The first-order chi connectivity index (χ1) is 11.0. The molecule has 0 spiro atoms. The lowest BCUT2D eigenvalue weighted by Gasteiger charge is -2.10. The number of carbonyl (C=O) groups excluding carboxylic acids is 1. The zero-order valence-electron chi connectivity index (χ0n) is 13.2. The number of benzene rings is 2. The summed E-state index contributed by atoms with van der Waals surface area (Å²) in [5.74, 6) is 0.244. The molecule has 0 saturated carbocycles. The van der Waals surface area contributed by atoms with Crippen molar-refractivity contribution in [1.29, 1.82) is 0 Å². The van der Waals surface area contributed by atoms with Crippen molar-refractivity contribution in [2.45, 2.75) is 20.3 Å². The van der Waals surface area contributed by atoms with Gasteiger partial charge in [0.05, 0.1) is 0 Å². The molecule has 0 radical (unpaired) electrons. The average molecular weight is 380 g/mol. The molecule has 5 heteroatoms. The van der Waals surface area contributed by atoms with E-state index in [2.05, 4.69) is 21.2 Å². The van der Waals surface area contributed by atoms with Gasteiger partial charge >= 0.3 is 0 Å². The Labute approximate surface area is 144 Å². The molecular formula is C18H19BrFNO2. The summed E-state index contributed by atoms with van der Waals surface area (Å²) in [6, 6.07) is 10.0.